The summed E-state index contributed by atoms with van der Waals surface area (Å²) in [4.78, 5) is 26.4. The van der Waals surface area contributed by atoms with E-state index in [1.807, 2.05) is 48.5 Å². The van der Waals surface area contributed by atoms with Crippen molar-refractivity contribution in [2.24, 2.45) is 0 Å². The van der Waals surface area contributed by atoms with Gasteiger partial charge in [-0.2, -0.15) is 0 Å². The van der Waals surface area contributed by atoms with E-state index in [0.717, 1.165) is 46.4 Å². The van der Waals surface area contributed by atoms with Gasteiger partial charge in [-0.05, 0) is 47.2 Å². The SMILES string of the molecule is CCCCc1ccc(CC(NC(=O)OCC2c3ccccc3-c3ccccc32)C(=O)O)s1. The smallest absolute Gasteiger partial charge is 0.407 e. The number of carbonyl (C=O) groups excluding carboxylic acids is 1. The topological polar surface area (TPSA) is 75.6 Å². The minimum atomic E-state index is -1.07. The number of ether oxygens (including phenoxy) is 1. The molecule has 0 aliphatic heterocycles. The van der Waals surface area contributed by atoms with Gasteiger partial charge in [0.05, 0.1) is 0 Å². The maximum atomic E-state index is 12.5. The van der Waals surface area contributed by atoms with Crippen LogP contribution in [0.25, 0.3) is 11.1 Å². The van der Waals surface area contributed by atoms with Crippen LogP contribution >= 0.6 is 11.3 Å². The van der Waals surface area contributed by atoms with E-state index < -0.39 is 18.1 Å². The highest BCUT2D eigenvalue weighted by molar-refractivity contribution is 7.12. The van der Waals surface area contributed by atoms with Crippen LogP contribution in [0.4, 0.5) is 4.79 Å². The second kappa shape index (κ2) is 10.0. The maximum Gasteiger partial charge on any atom is 0.407 e. The largest absolute Gasteiger partial charge is 0.480 e. The average Bonchev–Trinajstić information content (AvgIpc) is 3.38. The van der Waals surface area contributed by atoms with Gasteiger partial charge in [0.15, 0.2) is 0 Å². The molecule has 6 heteroatoms. The fourth-order valence-corrected chi connectivity index (χ4v) is 5.31. The molecule has 1 aliphatic rings. The van der Waals surface area contributed by atoms with Crippen molar-refractivity contribution in [2.45, 2.75) is 44.6 Å². The first-order valence-electron chi connectivity index (χ1n) is 11.0. The van der Waals surface area contributed by atoms with Crippen molar-refractivity contribution in [2.75, 3.05) is 6.61 Å². The lowest BCUT2D eigenvalue weighted by molar-refractivity contribution is -0.139. The Hall–Kier alpha value is -3.12. The molecule has 2 N–H and O–H groups in total. The van der Waals surface area contributed by atoms with Gasteiger partial charge in [0, 0.05) is 22.1 Å². The fourth-order valence-electron chi connectivity index (χ4n) is 4.20. The number of hydrogen-bond donors (Lipinski definition) is 2. The number of rotatable bonds is 9. The molecular formula is C26H27NO4S. The number of benzene rings is 2. The summed E-state index contributed by atoms with van der Waals surface area (Å²) in [6, 6.07) is 19.2. The first kappa shape index (κ1) is 22.1. The Bertz CT molecular complexity index is 1060. The molecule has 4 rings (SSSR count). The number of hydrogen-bond acceptors (Lipinski definition) is 4. The molecule has 0 fully saturated rings. The van der Waals surface area contributed by atoms with Crippen molar-refractivity contribution < 1.29 is 19.4 Å². The van der Waals surface area contributed by atoms with Gasteiger partial charge in [-0.15, -0.1) is 11.3 Å². The number of aryl methyl sites for hydroxylation is 1. The van der Waals surface area contributed by atoms with Crippen LogP contribution in [0.1, 0.15) is 46.6 Å². The second-order valence-electron chi connectivity index (χ2n) is 8.04. The van der Waals surface area contributed by atoms with E-state index in [1.165, 1.54) is 4.88 Å². The molecule has 5 nitrogen and oxygen atoms in total. The van der Waals surface area contributed by atoms with Crippen LogP contribution in [0.15, 0.2) is 60.7 Å². The Labute approximate surface area is 192 Å². The molecule has 2 aromatic carbocycles. The van der Waals surface area contributed by atoms with Crippen LogP contribution in [0, 0.1) is 0 Å². The molecule has 0 saturated heterocycles. The molecule has 0 radical (unpaired) electrons. The lowest BCUT2D eigenvalue weighted by Crippen LogP contribution is -2.42. The summed E-state index contributed by atoms with van der Waals surface area (Å²) in [5.41, 5.74) is 4.54. The zero-order chi connectivity index (χ0) is 22.5. The van der Waals surface area contributed by atoms with Crippen LogP contribution in [0.2, 0.25) is 0 Å². The van der Waals surface area contributed by atoms with E-state index in [2.05, 4.69) is 24.4 Å². The number of fused-ring (bicyclic) bond motifs is 3. The van der Waals surface area contributed by atoms with Crippen molar-refractivity contribution >= 4 is 23.4 Å². The highest BCUT2D eigenvalue weighted by Gasteiger charge is 2.29. The molecule has 1 heterocycles. The van der Waals surface area contributed by atoms with Gasteiger partial charge >= 0.3 is 12.1 Å². The number of alkyl carbamates (subject to hydrolysis) is 1. The minimum Gasteiger partial charge on any atom is -0.480 e. The van der Waals surface area contributed by atoms with Gasteiger partial charge in [-0.25, -0.2) is 9.59 Å². The Morgan fingerprint density at radius 3 is 2.25 bits per heavy atom. The van der Waals surface area contributed by atoms with Crippen molar-refractivity contribution in [1.29, 1.82) is 0 Å². The lowest BCUT2D eigenvalue weighted by Gasteiger charge is -2.17. The van der Waals surface area contributed by atoms with Crippen molar-refractivity contribution in [3.63, 3.8) is 0 Å². The fraction of sp³-hybridized carbons (Fsp3) is 0.308. The number of aliphatic carboxylic acids is 1. The summed E-state index contributed by atoms with van der Waals surface area (Å²) in [5, 5.41) is 12.1. The third-order valence-electron chi connectivity index (χ3n) is 5.83. The molecule has 1 unspecified atom stereocenters. The highest BCUT2D eigenvalue weighted by Crippen LogP contribution is 2.44. The molecule has 3 aromatic rings. The number of amides is 1. The molecule has 0 saturated carbocycles. The van der Waals surface area contributed by atoms with Gasteiger partial charge in [-0.1, -0.05) is 61.9 Å². The molecule has 1 amide bonds. The number of thiophene rings is 1. The summed E-state index contributed by atoms with van der Waals surface area (Å²) in [6.45, 7) is 2.31. The van der Waals surface area contributed by atoms with Crippen LogP contribution in [0.3, 0.4) is 0 Å². The second-order valence-corrected chi connectivity index (χ2v) is 9.29. The molecule has 0 spiro atoms. The van der Waals surface area contributed by atoms with E-state index in [-0.39, 0.29) is 18.9 Å². The minimum absolute atomic E-state index is 0.0603. The van der Waals surface area contributed by atoms with E-state index in [0.29, 0.717) is 0 Å². The number of carboxylic acids is 1. The van der Waals surface area contributed by atoms with Gasteiger partial charge in [0.2, 0.25) is 0 Å². The number of carbonyl (C=O) groups is 2. The molecule has 32 heavy (non-hydrogen) atoms. The normalized spacial score (nSPS) is 13.3. The Kier molecular flexibility index (Phi) is 6.90. The first-order valence-corrected chi connectivity index (χ1v) is 11.8. The molecular weight excluding hydrogens is 422 g/mol. The predicted molar refractivity (Wildman–Crippen MR) is 126 cm³/mol. The van der Waals surface area contributed by atoms with Crippen molar-refractivity contribution in [3.05, 3.63) is 81.5 Å². The van der Waals surface area contributed by atoms with E-state index in [4.69, 9.17) is 4.74 Å². The summed E-state index contributed by atoms with van der Waals surface area (Å²) < 4.78 is 5.51. The predicted octanol–water partition coefficient (Wildman–Crippen LogP) is 5.63. The Morgan fingerprint density at radius 1 is 1.00 bits per heavy atom. The average molecular weight is 450 g/mol. The zero-order valence-electron chi connectivity index (χ0n) is 18.0. The Morgan fingerprint density at radius 2 is 1.62 bits per heavy atom. The standard InChI is InChI=1S/C26H27NO4S/c1-2-3-8-17-13-14-18(32-17)15-24(25(28)29)27-26(30)31-16-23-21-11-6-4-9-19(21)20-10-5-7-12-22(20)23/h4-7,9-14,23-24H,2-3,8,15-16H2,1H3,(H,27,30)(H,28,29). The quantitative estimate of drug-likeness (QED) is 0.444. The van der Waals surface area contributed by atoms with Crippen molar-refractivity contribution in [3.8, 4) is 11.1 Å². The zero-order valence-corrected chi connectivity index (χ0v) is 18.9. The molecule has 0 bridgehead atoms. The van der Waals surface area contributed by atoms with Gasteiger partial charge in [0.25, 0.3) is 0 Å². The van der Waals surface area contributed by atoms with Crippen LogP contribution < -0.4 is 5.32 Å². The number of carboxylic acid groups (broad SMARTS) is 1. The summed E-state index contributed by atoms with van der Waals surface area (Å²) >= 11 is 1.61. The van der Waals surface area contributed by atoms with E-state index in [9.17, 15) is 14.7 Å². The van der Waals surface area contributed by atoms with Gasteiger partial charge in [0.1, 0.15) is 12.6 Å². The van der Waals surface area contributed by atoms with Gasteiger partial charge < -0.3 is 15.2 Å². The number of unbranched alkanes of at least 4 members (excludes halogenated alkanes) is 1. The highest BCUT2D eigenvalue weighted by atomic mass is 32.1. The molecule has 166 valence electrons. The van der Waals surface area contributed by atoms with E-state index >= 15 is 0 Å². The summed E-state index contributed by atoms with van der Waals surface area (Å²) in [6.07, 6.45) is 2.77. The lowest BCUT2D eigenvalue weighted by atomic mass is 9.98. The van der Waals surface area contributed by atoms with Gasteiger partial charge in [-0.3, -0.25) is 0 Å². The van der Waals surface area contributed by atoms with Crippen molar-refractivity contribution in [1.82, 2.24) is 5.32 Å². The molecule has 1 aliphatic carbocycles. The maximum absolute atomic E-state index is 12.5. The van der Waals surface area contributed by atoms with Crippen LogP contribution in [-0.4, -0.2) is 29.8 Å². The molecule has 1 aromatic heterocycles. The number of nitrogens with one attached hydrogen (secondary N) is 1. The third-order valence-corrected chi connectivity index (χ3v) is 7.00. The third kappa shape index (κ3) is 4.86. The van der Waals surface area contributed by atoms with Crippen LogP contribution in [-0.2, 0) is 22.4 Å². The summed E-state index contributed by atoms with van der Waals surface area (Å²) in [5.74, 6) is -1.13. The Balaban J connectivity index is 1.38. The summed E-state index contributed by atoms with van der Waals surface area (Å²) in [7, 11) is 0. The first-order chi connectivity index (χ1) is 15.6. The monoisotopic (exact) mass is 449 g/mol. The van der Waals surface area contributed by atoms with Crippen LogP contribution in [0.5, 0.6) is 0 Å². The molecule has 1 atom stereocenters. The van der Waals surface area contributed by atoms with E-state index in [1.54, 1.807) is 11.3 Å².